The van der Waals surface area contributed by atoms with E-state index in [1.807, 2.05) is 6.08 Å². The Morgan fingerprint density at radius 1 is 0.565 bits per heavy atom. The Balaban J connectivity index is 1.59. The van der Waals surface area contributed by atoms with Gasteiger partial charge in [0, 0.05) is 19.8 Å². The summed E-state index contributed by atoms with van der Waals surface area (Å²) < 4.78 is 34.8. The molecule has 0 aromatic carbocycles. The molecular weight excluding hydrogens is 1190 g/mol. The van der Waals surface area contributed by atoms with Crippen LogP contribution in [-0.2, 0) is 42.8 Å². The molecule has 0 aliphatic carbocycles. The second kappa shape index (κ2) is 49.7. The Kier molecular flexibility index (Phi) is 45.1. The van der Waals surface area contributed by atoms with E-state index in [1.165, 1.54) is 154 Å². The van der Waals surface area contributed by atoms with Gasteiger partial charge >= 0.3 is 5.97 Å². The second-order valence-electron chi connectivity index (χ2n) is 26.1. The van der Waals surface area contributed by atoms with Gasteiger partial charge in [-0.05, 0) is 44.9 Å². The average molecular weight is 1320 g/mol. The van der Waals surface area contributed by atoms with Crippen LogP contribution in [0, 0.1) is 0 Å². The monoisotopic (exact) mass is 1320 g/mol. The van der Waals surface area contributed by atoms with Crippen LogP contribution in [0.15, 0.2) is 24.3 Å². The number of amides is 2. The van der Waals surface area contributed by atoms with Crippen molar-refractivity contribution >= 4 is 17.8 Å². The summed E-state index contributed by atoms with van der Waals surface area (Å²) in [6.45, 7) is 2.14. The van der Waals surface area contributed by atoms with E-state index in [4.69, 9.17) is 28.4 Å². The number of nitrogens with one attached hydrogen (secondary N) is 2. The van der Waals surface area contributed by atoms with Crippen molar-refractivity contribution in [2.75, 3.05) is 26.4 Å². The van der Waals surface area contributed by atoms with Crippen molar-refractivity contribution in [1.82, 2.24) is 10.6 Å². The highest BCUT2D eigenvalue weighted by Crippen LogP contribution is 2.39. The third kappa shape index (κ3) is 31.6. The zero-order valence-corrected chi connectivity index (χ0v) is 56.2. The standard InChI is InChI=1S/C69H126N2O21/c1-4-6-8-10-12-14-16-18-20-22-23-24-25-26-27-28-30-32-34-36-38-40-42-51(76)50(71-56(79)43-41-39-37-35-33-31-29-21-19-17-15-13-11-9-7-5-2)48-87-66-61(83)60(82)63(55(47-74)89-66)90-67-62(84)65(59(81)54(46-73)88-67)92-69(68(85)86)44-52(77)57(70-49(3)75)64(91-69)58(80)53(78)45-72/h21,29,40,42,50-55,57-67,72-74,76-78,80-84H,4-20,22-28,30-39,41,43-48H2,1-3H3,(H,70,75)(H,71,79)(H,85,86)/b29-21-,42-40+. The molecule has 0 aromatic heterocycles. The summed E-state index contributed by atoms with van der Waals surface area (Å²) in [4.78, 5) is 38.5. The predicted octanol–water partition coefficient (Wildman–Crippen LogP) is 6.84. The number of aliphatic hydroxyl groups excluding tert-OH is 11. The molecule has 18 atom stereocenters. The van der Waals surface area contributed by atoms with Gasteiger partial charge in [0.25, 0.3) is 5.79 Å². The Hall–Kier alpha value is -2.79. The highest BCUT2D eigenvalue weighted by molar-refractivity contribution is 5.77. The molecule has 3 rings (SSSR count). The fourth-order valence-corrected chi connectivity index (χ4v) is 12.4. The van der Waals surface area contributed by atoms with Crippen LogP contribution in [0.4, 0.5) is 0 Å². The van der Waals surface area contributed by atoms with Crippen LogP contribution in [-0.4, -0.2) is 215 Å². The summed E-state index contributed by atoms with van der Waals surface area (Å²) in [5.74, 6) is -6.15. The number of carbonyl (C=O) groups is 3. The first-order valence-corrected chi connectivity index (χ1v) is 35.7. The van der Waals surface area contributed by atoms with Crippen LogP contribution in [0.25, 0.3) is 0 Å². The average Bonchev–Trinajstić information content (AvgIpc) is 0.767. The van der Waals surface area contributed by atoms with Gasteiger partial charge in [-0.15, -0.1) is 0 Å². The van der Waals surface area contributed by atoms with Crippen molar-refractivity contribution in [1.29, 1.82) is 0 Å². The number of carboxylic acids is 1. The molecule has 0 radical (unpaired) electrons. The number of ether oxygens (including phenoxy) is 6. The van der Waals surface area contributed by atoms with E-state index in [0.29, 0.717) is 12.8 Å². The van der Waals surface area contributed by atoms with Gasteiger partial charge in [-0.25, -0.2) is 4.79 Å². The first-order chi connectivity index (χ1) is 44.4. The molecule has 538 valence electrons. The number of unbranched alkanes of at least 4 members (excludes halogenated alkanes) is 32. The zero-order valence-electron chi connectivity index (χ0n) is 56.2. The summed E-state index contributed by atoms with van der Waals surface area (Å²) in [5, 5.41) is 136. The summed E-state index contributed by atoms with van der Waals surface area (Å²) in [6.07, 6.45) is 20.7. The molecule has 2 amide bonds. The van der Waals surface area contributed by atoms with E-state index in [0.717, 1.165) is 64.7 Å². The van der Waals surface area contributed by atoms with Gasteiger partial charge in [-0.1, -0.05) is 218 Å². The molecule has 0 spiro atoms. The van der Waals surface area contributed by atoms with Gasteiger partial charge < -0.3 is 100 Å². The molecule has 92 heavy (non-hydrogen) atoms. The van der Waals surface area contributed by atoms with Crippen LogP contribution >= 0.6 is 0 Å². The van der Waals surface area contributed by atoms with Crippen LogP contribution in [0.5, 0.6) is 0 Å². The Bertz CT molecular complexity index is 1960. The topological polar surface area (TPSA) is 373 Å². The number of allylic oxidation sites excluding steroid dienone is 3. The molecule has 23 heteroatoms. The molecular formula is C69H126N2O21. The molecule has 0 aromatic rings. The lowest BCUT2D eigenvalue weighted by Gasteiger charge is -2.50. The Morgan fingerprint density at radius 2 is 1.02 bits per heavy atom. The van der Waals surface area contributed by atoms with Crippen LogP contribution in [0.3, 0.4) is 0 Å². The molecule has 18 unspecified atom stereocenters. The first-order valence-electron chi connectivity index (χ1n) is 35.7. The van der Waals surface area contributed by atoms with Crippen LogP contribution in [0.1, 0.15) is 258 Å². The smallest absolute Gasteiger partial charge is 0.364 e. The number of aliphatic hydroxyl groups is 11. The van der Waals surface area contributed by atoms with Crippen LogP contribution in [0.2, 0.25) is 0 Å². The summed E-state index contributed by atoms with van der Waals surface area (Å²) in [7, 11) is 0. The largest absolute Gasteiger partial charge is 0.477 e. The van der Waals surface area contributed by atoms with Crippen molar-refractivity contribution in [3.63, 3.8) is 0 Å². The van der Waals surface area contributed by atoms with E-state index in [1.54, 1.807) is 6.08 Å². The van der Waals surface area contributed by atoms with E-state index in [-0.39, 0.29) is 12.3 Å². The third-order valence-corrected chi connectivity index (χ3v) is 18.1. The molecule has 23 nitrogen and oxygen atoms in total. The van der Waals surface area contributed by atoms with Gasteiger partial charge in [0.05, 0.1) is 50.7 Å². The number of aliphatic carboxylic acids is 1. The SMILES string of the molecule is CCCCCCCCC/C=C\CCCCCCCC(=O)NC(COC1OC(CO)C(OC2OC(CO)C(O)C(OC3(C(=O)O)CC(O)C(NC(C)=O)C(C(O)C(O)CO)O3)C2O)C(O)C1O)C(O)/C=C/CCCCCCCCCCCCCCCCCCCCCC. The van der Waals surface area contributed by atoms with Crippen LogP contribution < -0.4 is 10.6 Å². The lowest BCUT2D eigenvalue weighted by molar-refractivity contribution is -0.386. The normalized spacial score (nSPS) is 28.3. The van der Waals surface area contributed by atoms with E-state index in [9.17, 15) is 75.7 Å². The predicted molar refractivity (Wildman–Crippen MR) is 348 cm³/mol. The van der Waals surface area contributed by atoms with Crippen molar-refractivity contribution in [2.45, 2.75) is 368 Å². The molecule has 3 saturated heterocycles. The van der Waals surface area contributed by atoms with Gasteiger partial charge in [0.15, 0.2) is 12.6 Å². The summed E-state index contributed by atoms with van der Waals surface area (Å²) in [6, 6.07) is -2.62. The molecule has 3 aliphatic heterocycles. The van der Waals surface area contributed by atoms with Crippen molar-refractivity contribution in [2.24, 2.45) is 0 Å². The first kappa shape index (κ1) is 83.4. The number of carboxylic acid groups (broad SMARTS) is 1. The Morgan fingerprint density at radius 3 is 1.48 bits per heavy atom. The fraction of sp³-hybridized carbons (Fsp3) is 0.899. The van der Waals surface area contributed by atoms with Gasteiger partial charge in [0.2, 0.25) is 11.8 Å². The Labute approximate surface area is 549 Å². The maximum atomic E-state index is 13.4. The van der Waals surface area contributed by atoms with Crippen molar-refractivity contribution in [3.05, 3.63) is 24.3 Å². The van der Waals surface area contributed by atoms with Gasteiger partial charge in [-0.3, -0.25) is 9.59 Å². The minimum Gasteiger partial charge on any atom is -0.477 e. The number of hydrogen-bond acceptors (Lipinski definition) is 20. The lowest BCUT2D eigenvalue weighted by atomic mass is 9.88. The maximum absolute atomic E-state index is 13.4. The van der Waals surface area contributed by atoms with Gasteiger partial charge in [0.1, 0.15) is 67.1 Å². The highest BCUT2D eigenvalue weighted by Gasteiger charge is 2.60. The molecule has 3 heterocycles. The number of rotatable bonds is 54. The van der Waals surface area contributed by atoms with Gasteiger partial charge in [-0.2, -0.15) is 0 Å². The highest BCUT2D eigenvalue weighted by atomic mass is 16.8. The lowest BCUT2D eigenvalue weighted by Crippen LogP contribution is -2.70. The van der Waals surface area contributed by atoms with Crippen molar-refractivity contribution in [3.8, 4) is 0 Å². The quantitative estimate of drug-likeness (QED) is 0.0219. The van der Waals surface area contributed by atoms with E-state index in [2.05, 4.69) is 36.6 Å². The zero-order chi connectivity index (χ0) is 67.5. The molecule has 0 bridgehead atoms. The summed E-state index contributed by atoms with van der Waals surface area (Å²) in [5.41, 5.74) is 0. The molecule has 0 saturated carbocycles. The summed E-state index contributed by atoms with van der Waals surface area (Å²) >= 11 is 0. The fourth-order valence-electron chi connectivity index (χ4n) is 12.4. The third-order valence-electron chi connectivity index (χ3n) is 18.1. The molecule has 3 aliphatic rings. The maximum Gasteiger partial charge on any atom is 0.364 e. The number of carbonyl (C=O) groups excluding carboxylic acids is 2. The molecule has 14 N–H and O–H groups in total. The molecule has 3 fully saturated rings. The van der Waals surface area contributed by atoms with Crippen molar-refractivity contribution < 1.29 is 104 Å². The van der Waals surface area contributed by atoms with E-state index >= 15 is 0 Å². The minimum absolute atomic E-state index is 0.191. The number of hydrogen-bond donors (Lipinski definition) is 14. The minimum atomic E-state index is -3.08. The second-order valence-corrected chi connectivity index (χ2v) is 26.1. The van der Waals surface area contributed by atoms with E-state index < -0.39 is 155 Å².